The summed E-state index contributed by atoms with van der Waals surface area (Å²) in [5.74, 6) is 0.961. The van der Waals surface area contributed by atoms with E-state index in [2.05, 4.69) is 26.8 Å². The molecule has 0 unspecified atom stereocenters. The number of hydrogen-bond acceptors (Lipinski definition) is 2. The van der Waals surface area contributed by atoms with E-state index in [-0.39, 0.29) is 5.41 Å². The summed E-state index contributed by atoms with van der Waals surface area (Å²) < 4.78 is 5.80. The van der Waals surface area contributed by atoms with Crippen molar-refractivity contribution >= 4 is 17.2 Å². The zero-order chi connectivity index (χ0) is 12.9. The van der Waals surface area contributed by atoms with Gasteiger partial charge in [-0.3, -0.25) is 0 Å². The van der Waals surface area contributed by atoms with Crippen LogP contribution in [-0.2, 0) is 5.41 Å². The molecule has 3 heteroatoms. The second-order valence-electron chi connectivity index (χ2n) is 5.16. The SMILES string of the molecule is CC(C)(C)c1ccccc1OCCCC(N)=S. The van der Waals surface area contributed by atoms with Crippen LogP contribution in [0, 0.1) is 0 Å². The summed E-state index contributed by atoms with van der Waals surface area (Å²) in [7, 11) is 0. The van der Waals surface area contributed by atoms with Crippen LogP contribution in [0.2, 0.25) is 0 Å². The van der Waals surface area contributed by atoms with Gasteiger partial charge < -0.3 is 10.5 Å². The largest absolute Gasteiger partial charge is 0.493 e. The van der Waals surface area contributed by atoms with Gasteiger partial charge in [-0.05, 0) is 23.5 Å². The lowest BCUT2D eigenvalue weighted by atomic mass is 9.86. The molecular formula is C14H21NOS. The predicted octanol–water partition coefficient (Wildman–Crippen LogP) is 3.43. The van der Waals surface area contributed by atoms with Gasteiger partial charge in [-0.25, -0.2) is 0 Å². The second kappa shape index (κ2) is 6.01. The highest BCUT2D eigenvalue weighted by atomic mass is 32.1. The highest BCUT2D eigenvalue weighted by Gasteiger charge is 2.18. The quantitative estimate of drug-likeness (QED) is 0.643. The zero-order valence-electron chi connectivity index (χ0n) is 10.8. The first kappa shape index (κ1) is 14.0. The van der Waals surface area contributed by atoms with E-state index in [0.717, 1.165) is 18.6 Å². The Morgan fingerprint density at radius 1 is 1.29 bits per heavy atom. The molecular weight excluding hydrogens is 230 g/mol. The second-order valence-corrected chi connectivity index (χ2v) is 5.69. The number of nitrogens with two attached hydrogens (primary N) is 1. The van der Waals surface area contributed by atoms with Crippen molar-refractivity contribution in [2.45, 2.75) is 39.0 Å². The average Bonchev–Trinajstić information content (AvgIpc) is 2.23. The molecule has 0 spiro atoms. The molecule has 0 aliphatic rings. The number of para-hydroxylation sites is 1. The monoisotopic (exact) mass is 251 g/mol. The first-order valence-corrected chi connectivity index (χ1v) is 6.32. The van der Waals surface area contributed by atoms with Gasteiger partial charge >= 0.3 is 0 Å². The summed E-state index contributed by atoms with van der Waals surface area (Å²) in [4.78, 5) is 0.553. The van der Waals surface area contributed by atoms with Crippen molar-refractivity contribution in [1.29, 1.82) is 0 Å². The first-order chi connectivity index (χ1) is 7.91. The number of hydrogen-bond donors (Lipinski definition) is 1. The first-order valence-electron chi connectivity index (χ1n) is 5.92. The fourth-order valence-electron chi connectivity index (χ4n) is 1.64. The van der Waals surface area contributed by atoms with Crippen LogP contribution >= 0.6 is 12.2 Å². The van der Waals surface area contributed by atoms with Crippen molar-refractivity contribution in [3.05, 3.63) is 29.8 Å². The third kappa shape index (κ3) is 4.73. The molecule has 0 amide bonds. The molecule has 0 aromatic heterocycles. The highest BCUT2D eigenvalue weighted by molar-refractivity contribution is 7.80. The summed E-state index contributed by atoms with van der Waals surface area (Å²) in [6, 6.07) is 8.17. The van der Waals surface area contributed by atoms with Gasteiger partial charge in [-0.1, -0.05) is 51.2 Å². The number of rotatable bonds is 5. The lowest BCUT2D eigenvalue weighted by Crippen LogP contribution is -2.14. The Labute approximate surface area is 109 Å². The molecule has 1 aromatic carbocycles. The van der Waals surface area contributed by atoms with E-state index in [9.17, 15) is 0 Å². The maximum absolute atomic E-state index is 5.80. The fraction of sp³-hybridized carbons (Fsp3) is 0.500. The van der Waals surface area contributed by atoms with Crippen LogP contribution in [0.15, 0.2) is 24.3 Å². The zero-order valence-corrected chi connectivity index (χ0v) is 11.6. The van der Waals surface area contributed by atoms with E-state index in [1.165, 1.54) is 5.56 Å². The summed E-state index contributed by atoms with van der Waals surface area (Å²) in [6.45, 7) is 7.21. The molecule has 0 saturated heterocycles. The van der Waals surface area contributed by atoms with Crippen LogP contribution in [0.25, 0.3) is 0 Å². The number of ether oxygens (including phenoxy) is 1. The summed E-state index contributed by atoms with van der Waals surface area (Å²) >= 11 is 4.83. The van der Waals surface area contributed by atoms with E-state index in [1.54, 1.807) is 0 Å². The van der Waals surface area contributed by atoms with Crippen LogP contribution in [0.3, 0.4) is 0 Å². The van der Waals surface area contributed by atoms with Crippen LogP contribution < -0.4 is 10.5 Å². The van der Waals surface area contributed by atoms with Gasteiger partial charge in [0.15, 0.2) is 0 Å². The van der Waals surface area contributed by atoms with Crippen molar-refractivity contribution < 1.29 is 4.74 Å². The van der Waals surface area contributed by atoms with E-state index in [4.69, 9.17) is 22.7 Å². The minimum atomic E-state index is 0.0970. The standard InChI is InChI=1S/C14H21NOS/c1-14(2,3)11-7-4-5-8-12(11)16-10-6-9-13(15)17/h4-5,7-8H,6,9-10H2,1-3H3,(H2,15,17). The third-order valence-corrected chi connectivity index (χ3v) is 2.72. The Balaban J connectivity index is 2.62. The molecule has 17 heavy (non-hydrogen) atoms. The Hall–Kier alpha value is -1.09. The molecule has 1 rings (SSSR count). The molecule has 0 aliphatic heterocycles. The van der Waals surface area contributed by atoms with Crippen LogP contribution in [0.4, 0.5) is 0 Å². The van der Waals surface area contributed by atoms with Crippen molar-refractivity contribution in [2.24, 2.45) is 5.73 Å². The molecule has 0 heterocycles. The molecule has 2 N–H and O–H groups in total. The van der Waals surface area contributed by atoms with E-state index >= 15 is 0 Å². The van der Waals surface area contributed by atoms with Gasteiger partial charge in [0.25, 0.3) is 0 Å². The van der Waals surface area contributed by atoms with E-state index < -0.39 is 0 Å². The predicted molar refractivity (Wildman–Crippen MR) is 76.7 cm³/mol. The average molecular weight is 251 g/mol. The van der Waals surface area contributed by atoms with Gasteiger partial charge in [-0.15, -0.1) is 0 Å². The minimum Gasteiger partial charge on any atom is -0.493 e. The Bertz CT molecular complexity index is 382. The maximum Gasteiger partial charge on any atom is 0.123 e. The molecule has 1 aromatic rings. The molecule has 94 valence electrons. The smallest absolute Gasteiger partial charge is 0.123 e. The fourth-order valence-corrected chi connectivity index (χ4v) is 1.78. The Kier molecular flexibility index (Phi) is 4.94. The summed E-state index contributed by atoms with van der Waals surface area (Å²) in [6.07, 6.45) is 1.61. The minimum absolute atomic E-state index is 0.0970. The van der Waals surface area contributed by atoms with Gasteiger partial charge in [0.05, 0.1) is 11.6 Å². The van der Waals surface area contributed by atoms with Gasteiger partial charge in [-0.2, -0.15) is 0 Å². The number of benzene rings is 1. The van der Waals surface area contributed by atoms with Gasteiger partial charge in [0.2, 0.25) is 0 Å². The lowest BCUT2D eigenvalue weighted by Gasteiger charge is -2.22. The van der Waals surface area contributed by atoms with Crippen LogP contribution in [0.1, 0.15) is 39.2 Å². The third-order valence-electron chi connectivity index (χ3n) is 2.52. The van der Waals surface area contributed by atoms with Crippen molar-refractivity contribution in [3.63, 3.8) is 0 Å². The van der Waals surface area contributed by atoms with Gasteiger partial charge in [0.1, 0.15) is 5.75 Å². The van der Waals surface area contributed by atoms with Gasteiger partial charge in [0, 0.05) is 6.42 Å². The lowest BCUT2D eigenvalue weighted by molar-refractivity contribution is 0.305. The molecule has 2 nitrogen and oxygen atoms in total. The van der Waals surface area contributed by atoms with Crippen molar-refractivity contribution in [3.8, 4) is 5.75 Å². The Morgan fingerprint density at radius 3 is 2.53 bits per heavy atom. The van der Waals surface area contributed by atoms with Crippen LogP contribution in [0.5, 0.6) is 5.75 Å². The molecule has 0 atom stereocenters. The molecule has 0 bridgehead atoms. The van der Waals surface area contributed by atoms with Crippen molar-refractivity contribution in [2.75, 3.05) is 6.61 Å². The molecule has 0 saturated carbocycles. The summed E-state index contributed by atoms with van der Waals surface area (Å²) in [5, 5.41) is 0. The molecule has 0 fully saturated rings. The van der Waals surface area contributed by atoms with Crippen LogP contribution in [-0.4, -0.2) is 11.6 Å². The molecule has 0 radical (unpaired) electrons. The van der Waals surface area contributed by atoms with E-state index in [1.807, 2.05) is 18.2 Å². The molecule has 0 aliphatic carbocycles. The summed E-state index contributed by atoms with van der Waals surface area (Å²) in [5.41, 5.74) is 6.78. The highest BCUT2D eigenvalue weighted by Crippen LogP contribution is 2.30. The number of thiocarbonyl (C=S) groups is 1. The van der Waals surface area contributed by atoms with Crippen molar-refractivity contribution in [1.82, 2.24) is 0 Å². The van der Waals surface area contributed by atoms with E-state index in [0.29, 0.717) is 11.6 Å². The normalized spacial score (nSPS) is 11.2. The maximum atomic E-state index is 5.80. The Morgan fingerprint density at radius 2 is 1.94 bits per heavy atom. The topological polar surface area (TPSA) is 35.2 Å².